The number of rotatable bonds is 4. The predicted molar refractivity (Wildman–Crippen MR) is 88.1 cm³/mol. The summed E-state index contributed by atoms with van der Waals surface area (Å²) in [4.78, 5) is 23.6. The van der Waals surface area contributed by atoms with Crippen molar-refractivity contribution in [3.8, 4) is 0 Å². The van der Waals surface area contributed by atoms with E-state index in [1.807, 2.05) is 43.3 Å². The van der Waals surface area contributed by atoms with Crippen molar-refractivity contribution in [2.24, 2.45) is 0 Å². The van der Waals surface area contributed by atoms with E-state index in [0.29, 0.717) is 5.82 Å². The van der Waals surface area contributed by atoms with Crippen LogP contribution in [-0.4, -0.2) is 20.7 Å². The van der Waals surface area contributed by atoms with E-state index in [2.05, 4.69) is 15.0 Å². The average molecular weight is 289 g/mol. The average Bonchev–Trinajstić information content (AvgIpc) is 2.95. The second-order valence-corrected chi connectivity index (χ2v) is 4.91. The van der Waals surface area contributed by atoms with Gasteiger partial charge in [-0.05, 0) is 55.0 Å². The van der Waals surface area contributed by atoms with Crippen LogP contribution in [0.15, 0.2) is 54.7 Å². The molecule has 0 spiro atoms. The molecule has 0 saturated heterocycles. The topological polar surface area (TPSA) is 58.6 Å². The van der Waals surface area contributed by atoms with Crippen LogP contribution in [0.3, 0.4) is 0 Å². The molecule has 0 fully saturated rings. The van der Waals surface area contributed by atoms with Gasteiger partial charge in [-0.2, -0.15) is 0 Å². The standard InChI is InChI=1S/C18H15N3O/c1-13-5-4-12-19-15(13)10-8-14(22)9-11-18-20-16-6-2-3-7-17(16)21-18/h2-12H,1H3,(H,20,21)/b10-8+,11-9+. The first kappa shape index (κ1) is 13.9. The second kappa shape index (κ2) is 6.18. The molecule has 3 aromatic rings. The van der Waals surface area contributed by atoms with Gasteiger partial charge in [-0.1, -0.05) is 18.2 Å². The number of benzene rings is 1. The van der Waals surface area contributed by atoms with E-state index in [4.69, 9.17) is 0 Å². The largest absolute Gasteiger partial charge is 0.338 e. The molecular formula is C18H15N3O. The molecule has 1 aromatic carbocycles. The summed E-state index contributed by atoms with van der Waals surface area (Å²) >= 11 is 0. The molecule has 0 aliphatic heterocycles. The molecule has 2 heterocycles. The van der Waals surface area contributed by atoms with Crippen LogP contribution in [0, 0.1) is 6.92 Å². The first-order chi connectivity index (χ1) is 10.7. The minimum Gasteiger partial charge on any atom is -0.338 e. The van der Waals surface area contributed by atoms with Crippen LogP contribution >= 0.6 is 0 Å². The number of nitrogens with one attached hydrogen (secondary N) is 1. The summed E-state index contributed by atoms with van der Waals surface area (Å²) < 4.78 is 0. The lowest BCUT2D eigenvalue weighted by Gasteiger charge is -1.95. The first-order valence-electron chi connectivity index (χ1n) is 6.99. The SMILES string of the molecule is Cc1cccnc1/C=C/C(=O)/C=C/c1nc2ccccc2[nH]1. The number of hydrogen-bond donors (Lipinski definition) is 1. The lowest BCUT2D eigenvalue weighted by atomic mass is 10.2. The fourth-order valence-corrected chi connectivity index (χ4v) is 2.10. The number of H-pyrrole nitrogens is 1. The maximum Gasteiger partial charge on any atom is 0.178 e. The fraction of sp³-hybridized carbons (Fsp3) is 0.0556. The van der Waals surface area contributed by atoms with Crippen molar-refractivity contribution in [1.29, 1.82) is 0 Å². The summed E-state index contributed by atoms with van der Waals surface area (Å²) in [6.45, 7) is 1.96. The fourth-order valence-electron chi connectivity index (χ4n) is 2.10. The lowest BCUT2D eigenvalue weighted by molar-refractivity contribution is -0.110. The molecule has 0 bridgehead atoms. The van der Waals surface area contributed by atoms with Crippen LogP contribution in [0.2, 0.25) is 0 Å². The number of allylic oxidation sites excluding steroid dienone is 2. The predicted octanol–water partition coefficient (Wildman–Crippen LogP) is 3.56. The summed E-state index contributed by atoms with van der Waals surface area (Å²) in [6.07, 6.45) is 8.11. The number of para-hydroxylation sites is 2. The third-order valence-corrected chi connectivity index (χ3v) is 3.27. The number of aryl methyl sites for hydroxylation is 1. The van der Waals surface area contributed by atoms with Crippen molar-refractivity contribution in [2.75, 3.05) is 0 Å². The normalized spacial score (nSPS) is 11.7. The van der Waals surface area contributed by atoms with Gasteiger partial charge < -0.3 is 4.98 Å². The zero-order valence-corrected chi connectivity index (χ0v) is 12.2. The molecule has 0 radical (unpaired) electrons. The number of carbonyl (C=O) groups excluding carboxylic acids is 1. The Hall–Kier alpha value is -3.01. The van der Waals surface area contributed by atoms with Gasteiger partial charge in [0.25, 0.3) is 0 Å². The van der Waals surface area contributed by atoms with E-state index in [-0.39, 0.29) is 5.78 Å². The zero-order valence-electron chi connectivity index (χ0n) is 12.2. The third kappa shape index (κ3) is 3.17. The van der Waals surface area contributed by atoms with Gasteiger partial charge in [0.05, 0.1) is 16.7 Å². The zero-order chi connectivity index (χ0) is 15.4. The van der Waals surface area contributed by atoms with E-state index in [1.165, 1.54) is 12.2 Å². The highest BCUT2D eigenvalue weighted by atomic mass is 16.1. The van der Waals surface area contributed by atoms with Crippen LogP contribution < -0.4 is 0 Å². The van der Waals surface area contributed by atoms with Gasteiger partial charge in [-0.15, -0.1) is 0 Å². The highest BCUT2D eigenvalue weighted by Gasteiger charge is 1.99. The summed E-state index contributed by atoms with van der Waals surface area (Å²) in [5.41, 5.74) is 3.67. The van der Waals surface area contributed by atoms with E-state index in [9.17, 15) is 4.79 Å². The maximum atomic E-state index is 11.9. The molecule has 4 heteroatoms. The molecule has 0 saturated carbocycles. The number of pyridine rings is 1. The van der Waals surface area contributed by atoms with Crippen LogP contribution in [-0.2, 0) is 4.79 Å². The highest BCUT2D eigenvalue weighted by Crippen LogP contribution is 2.11. The van der Waals surface area contributed by atoms with Crippen molar-refractivity contribution < 1.29 is 4.79 Å². The Morgan fingerprint density at radius 3 is 2.73 bits per heavy atom. The summed E-state index contributed by atoms with van der Waals surface area (Å²) in [6, 6.07) is 11.6. The Kier molecular flexibility index (Phi) is 3.92. The Morgan fingerprint density at radius 1 is 1.09 bits per heavy atom. The van der Waals surface area contributed by atoms with Gasteiger partial charge in [0, 0.05) is 6.20 Å². The summed E-state index contributed by atoms with van der Waals surface area (Å²) in [5.74, 6) is 0.558. The molecule has 0 atom stereocenters. The monoisotopic (exact) mass is 289 g/mol. The van der Waals surface area contributed by atoms with Crippen LogP contribution in [0.25, 0.3) is 23.2 Å². The first-order valence-corrected chi connectivity index (χ1v) is 6.99. The molecule has 0 aliphatic rings. The van der Waals surface area contributed by atoms with Crippen LogP contribution in [0.4, 0.5) is 0 Å². The van der Waals surface area contributed by atoms with Gasteiger partial charge in [0.2, 0.25) is 0 Å². The summed E-state index contributed by atoms with van der Waals surface area (Å²) in [7, 11) is 0. The Labute approximate surface area is 128 Å². The molecule has 1 N–H and O–H groups in total. The van der Waals surface area contributed by atoms with Crippen molar-refractivity contribution in [3.63, 3.8) is 0 Å². The van der Waals surface area contributed by atoms with Gasteiger partial charge >= 0.3 is 0 Å². The number of aromatic nitrogens is 3. The van der Waals surface area contributed by atoms with Crippen LogP contribution in [0.1, 0.15) is 17.1 Å². The molecule has 4 nitrogen and oxygen atoms in total. The minimum atomic E-state index is -0.106. The molecule has 0 unspecified atom stereocenters. The smallest absolute Gasteiger partial charge is 0.178 e. The van der Waals surface area contributed by atoms with Gasteiger partial charge in [-0.25, -0.2) is 4.98 Å². The van der Waals surface area contributed by atoms with Crippen molar-refractivity contribution in [2.45, 2.75) is 6.92 Å². The number of ketones is 1. The van der Waals surface area contributed by atoms with Crippen molar-refractivity contribution in [1.82, 2.24) is 15.0 Å². The second-order valence-electron chi connectivity index (χ2n) is 4.91. The number of fused-ring (bicyclic) bond motifs is 1. The summed E-state index contributed by atoms with van der Waals surface area (Å²) in [5, 5.41) is 0. The number of nitrogens with zero attached hydrogens (tertiary/aromatic N) is 2. The third-order valence-electron chi connectivity index (χ3n) is 3.27. The quantitative estimate of drug-likeness (QED) is 0.747. The van der Waals surface area contributed by atoms with Gasteiger partial charge in [0.15, 0.2) is 5.78 Å². The van der Waals surface area contributed by atoms with E-state index in [0.717, 1.165) is 22.3 Å². The molecule has 0 aliphatic carbocycles. The molecular weight excluding hydrogens is 274 g/mol. The molecule has 0 amide bonds. The lowest BCUT2D eigenvalue weighted by Crippen LogP contribution is -1.88. The van der Waals surface area contributed by atoms with Gasteiger partial charge in [0.1, 0.15) is 5.82 Å². The number of aromatic amines is 1. The Bertz CT molecular complexity index is 842. The van der Waals surface area contributed by atoms with E-state index in [1.54, 1.807) is 18.3 Å². The number of imidazole rings is 1. The molecule has 108 valence electrons. The number of hydrogen-bond acceptors (Lipinski definition) is 3. The van der Waals surface area contributed by atoms with Crippen molar-refractivity contribution >= 4 is 29.0 Å². The number of carbonyl (C=O) groups is 1. The Balaban J connectivity index is 1.72. The van der Waals surface area contributed by atoms with Crippen molar-refractivity contribution in [3.05, 3.63) is 71.8 Å². The maximum absolute atomic E-state index is 11.9. The van der Waals surface area contributed by atoms with Crippen LogP contribution in [0.5, 0.6) is 0 Å². The minimum absolute atomic E-state index is 0.106. The molecule has 22 heavy (non-hydrogen) atoms. The van der Waals surface area contributed by atoms with Gasteiger partial charge in [-0.3, -0.25) is 9.78 Å². The molecule has 2 aromatic heterocycles. The van der Waals surface area contributed by atoms with E-state index < -0.39 is 0 Å². The Morgan fingerprint density at radius 2 is 1.91 bits per heavy atom. The molecule has 3 rings (SSSR count). The highest BCUT2D eigenvalue weighted by molar-refractivity contribution is 6.04. The van der Waals surface area contributed by atoms with E-state index >= 15 is 0 Å².